The van der Waals surface area contributed by atoms with Gasteiger partial charge in [0.25, 0.3) is 5.88 Å². The van der Waals surface area contributed by atoms with Crippen LogP contribution in [0.4, 0.5) is 17.6 Å². The Morgan fingerprint density at radius 3 is 2.52 bits per heavy atom. The molecule has 0 bridgehead atoms. The number of benzene rings is 1. The minimum atomic E-state index is -4.82. The fraction of sp³-hybridized carbons (Fsp3) is 0.286. The number of rotatable bonds is 10. The van der Waals surface area contributed by atoms with Gasteiger partial charge < -0.3 is 14.2 Å². The number of halogens is 5. The number of alkyl halides is 3. The van der Waals surface area contributed by atoms with E-state index in [2.05, 4.69) is 25.3 Å². The highest BCUT2D eigenvalue weighted by atomic mass is 35.5. The molecule has 0 N–H and O–H groups in total. The van der Waals surface area contributed by atoms with Gasteiger partial charge in [-0.3, -0.25) is 4.57 Å². The first-order valence-corrected chi connectivity index (χ1v) is 13.5. The molecular weight excluding hydrogens is 610 g/mol. The quantitative estimate of drug-likeness (QED) is 0.140. The second-order valence-electron chi connectivity index (χ2n) is 9.48. The van der Waals surface area contributed by atoms with Crippen LogP contribution >= 0.6 is 11.6 Å². The lowest BCUT2D eigenvalue weighted by atomic mass is 10.2. The molecule has 44 heavy (non-hydrogen) atoms. The van der Waals surface area contributed by atoms with Crippen molar-refractivity contribution in [3.05, 3.63) is 87.2 Å². The van der Waals surface area contributed by atoms with E-state index in [4.69, 9.17) is 25.8 Å². The molecule has 0 aliphatic rings. The van der Waals surface area contributed by atoms with Crippen LogP contribution in [0.1, 0.15) is 30.8 Å². The Bertz CT molecular complexity index is 1850. The molecule has 0 unspecified atom stereocenters. The second-order valence-corrected chi connectivity index (χ2v) is 9.84. The fourth-order valence-corrected chi connectivity index (χ4v) is 4.40. The summed E-state index contributed by atoms with van der Waals surface area (Å²) in [5.74, 6) is -2.90. The maximum absolute atomic E-state index is 16.1. The molecule has 11 nitrogen and oxygen atoms in total. The van der Waals surface area contributed by atoms with Gasteiger partial charge in [0.15, 0.2) is 34.5 Å². The summed E-state index contributed by atoms with van der Waals surface area (Å²) in [6.07, 6.45) is -4.86. The molecule has 4 heterocycles. The lowest BCUT2D eigenvalue weighted by Crippen LogP contribution is -2.32. The molecule has 0 fully saturated rings. The third-order valence-corrected chi connectivity index (χ3v) is 6.75. The summed E-state index contributed by atoms with van der Waals surface area (Å²) in [6.45, 7) is 4.28. The number of nitrogens with zero attached hydrogens (tertiary/aromatic N) is 7. The second kappa shape index (κ2) is 12.5. The summed E-state index contributed by atoms with van der Waals surface area (Å²) in [5.41, 5.74) is 0.573. The summed E-state index contributed by atoms with van der Waals surface area (Å²) >= 11 is 6.16. The lowest BCUT2D eigenvalue weighted by Gasteiger charge is -2.19. The van der Waals surface area contributed by atoms with Crippen LogP contribution in [0.2, 0.25) is 5.15 Å². The smallest absolute Gasteiger partial charge is 0.425 e. The highest BCUT2D eigenvalue weighted by Gasteiger charge is 2.39. The van der Waals surface area contributed by atoms with Crippen molar-refractivity contribution in [1.29, 1.82) is 0 Å². The van der Waals surface area contributed by atoms with Crippen LogP contribution in [0.5, 0.6) is 17.5 Å². The highest BCUT2D eigenvalue weighted by Crippen LogP contribution is 2.39. The van der Waals surface area contributed by atoms with Crippen LogP contribution in [0, 0.1) is 12.7 Å². The van der Waals surface area contributed by atoms with E-state index < -0.39 is 46.8 Å². The van der Waals surface area contributed by atoms with E-state index in [9.17, 15) is 18.0 Å². The van der Waals surface area contributed by atoms with Crippen molar-refractivity contribution in [3.8, 4) is 23.3 Å². The summed E-state index contributed by atoms with van der Waals surface area (Å²) in [7, 11) is 0. The molecule has 0 aliphatic carbocycles. The van der Waals surface area contributed by atoms with Crippen molar-refractivity contribution in [2.75, 3.05) is 0 Å². The van der Waals surface area contributed by atoms with Crippen molar-refractivity contribution >= 4 is 22.4 Å². The zero-order chi connectivity index (χ0) is 31.6. The van der Waals surface area contributed by atoms with Crippen LogP contribution in [0.3, 0.4) is 0 Å². The molecule has 16 heteroatoms. The zero-order valence-electron chi connectivity index (χ0n) is 23.5. The Hall–Kier alpha value is -4.63. The SMILES string of the molecule is CCn1c(COCc2ccccc2)nn(-c2nc(O[C@@H](C)C(F)(F)F)c3c(Oc4c(C)ccnc4Cl)nncc3c2F)c1=O. The third kappa shape index (κ3) is 6.19. The maximum Gasteiger partial charge on any atom is 0.425 e. The van der Waals surface area contributed by atoms with Gasteiger partial charge in [-0.25, -0.2) is 14.2 Å². The predicted octanol–water partition coefficient (Wildman–Crippen LogP) is 5.73. The number of hydrogen-bond acceptors (Lipinski definition) is 9. The average molecular weight is 634 g/mol. The van der Waals surface area contributed by atoms with Gasteiger partial charge in [-0.05, 0) is 38.0 Å². The predicted molar refractivity (Wildman–Crippen MR) is 149 cm³/mol. The normalized spacial score (nSPS) is 12.5. The number of aryl methyl sites for hydroxylation is 1. The first-order chi connectivity index (χ1) is 21.0. The van der Waals surface area contributed by atoms with E-state index in [1.165, 1.54) is 10.8 Å². The van der Waals surface area contributed by atoms with Crippen molar-refractivity contribution in [1.82, 2.24) is 34.5 Å². The van der Waals surface area contributed by atoms with E-state index in [1.807, 2.05) is 30.3 Å². The van der Waals surface area contributed by atoms with Gasteiger partial charge in [0, 0.05) is 12.7 Å². The Labute approximate surface area is 252 Å². The minimum Gasteiger partial charge on any atom is -0.464 e. The molecule has 1 atom stereocenters. The van der Waals surface area contributed by atoms with Gasteiger partial charge in [0.2, 0.25) is 5.88 Å². The Morgan fingerprint density at radius 1 is 1.09 bits per heavy atom. The van der Waals surface area contributed by atoms with Crippen molar-refractivity contribution < 1.29 is 31.8 Å². The van der Waals surface area contributed by atoms with Gasteiger partial charge in [0.1, 0.15) is 12.0 Å². The Kier molecular flexibility index (Phi) is 8.78. The topological polar surface area (TPSA) is 119 Å². The fourth-order valence-electron chi connectivity index (χ4n) is 4.16. The number of aromatic nitrogens is 7. The molecule has 0 aliphatic heterocycles. The monoisotopic (exact) mass is 633 g/mol. The molecule has 5 aromatic rings. The molecule has 1 aromatic carbocycles. The van der Waals surface area contributed by atoms with Crippen molar-refractivity contribution in [3.63, 3.8) is 0 Å². The standard InChI is InChI=1S/C28H24ClF4N7O4/c1-4-39-19(14-42-13-17-8-6-5-7-9-17)38-40(27(39)41)24-21(30)18-12-35-37-26(44-22-15(2)10-11-34-23(22)29)20(18)25(36-24)43-16(3)28(31,32)33/h5-12,16H,4,13-14H2,1-3H3/t16-/m0/s1. The molecule has 230 valence electrons. The van der Waals surface area contributed by atoms with Gasteiger partial charge >= 0.3 is 11.9 Å². The summed E-state index contributed by atoms with van der Waals surface area (Å²) in [6, 6.07) is 10.8. The Balaban J connectivity index is 1.63. The summed E-state index contributed by atoms with van der Waals surface area (Å²) in [4.78, 5) is 21.2. The van der Waals surface area contributed by atoms with Gasteiger partial charge in [-0.2, -0.15) is 27.9 Å². The van der Waals surface area contributed by atoms with E-state index in [0.717, 1.165) is 18.7 Å². The van der Waals surface area contributed by atoms with Gasteiger partial charge in [-0.1, -0.05) is 41.9 Å². The molecule has 0 saturated carbocycles. The van der Waals surface area contributed by atoms with Crippen LogP contribution < -0.4 is 15.2 Å². The first-order valence-electron chi connectivity index (χ1n) is 13.2. The van der Waals surface area contributed by atoms with E-state index in [-0.39, 0.29) is 41.9 Å². The number of ether oxygens (including phenoxy) is 3. The van der Waals surface area contributed by atoms with Crippen molar-refractivity contribution in [2.24, 2.45) is 0 Å². The number of hydrogen-bond donors (Lipinski definition) is 0. The summed E-state index contributed by atoms with van der Waals surface area (Å²) in [5, 5.41) is 10.9. The van der Waals surface area contributed by atoms with Gasteiger partial charge in [0.05, 0.1) is 18.2 Å². The molecule has 0 radical (unpaired) electrons. The average Bonchev–Trinajstić information content (AvgIpc) is 3.30. The molecule has 4 aromatic heterocycles. The molecule has 0 spiro atoms. The summed E-state index contributed by atoms with van der Waals surface area (Å²) < 4.78 is 75.5. The first kappa shape index (κ1) is 30.8. The van der Waals surface area contributed by atoms with Crippen molar-refractivity contribution in [2.45, 2.75) is 52.8 Å². The van der Waals surface area contributed by atoms with Crippen LogP contribution in [-0.4, -0.2) is 46.8 Å². The van der Waals surface area contributed by atoms with E-state index in [1.54, 1.807) is 19.9 Å². The number of pyridine rings is 2. The molecule has 0 amide bonds. The third-order valence-electron chi connectivity index (χ3n) is 6.48. The van der Waals surface area contributed by atoms with E-state index in [0.29, 0.717) is 10.2 Å². The number of fused-ring (bicyclic) bond motifs is 1. The Morgan fingerprint density at radius 2 is 1.84 bits per heavy atom. The van der Waals surface area contributed by atoms with E-state index >= 15 is 4.39 Å². The maximum atomic E-state index is 16.1. The molecule has 0 saturated heterocycles. The lowest BCUT2D eigenvalue weighted by molar-refractivity contribution is -0.189. The minimum absolute atomic E-state index is 0.00771. The largest absolute Gasteiger partial charge is 0.464 e. The molecular formula is C28H24ClF4N7O4. The van der Waals surface area contributed by atoms with Crippen LogP contribution in [0.15, 0.2) is 53.6 Å². The van der Waals surface area contributed by atoms with Crippen LogP contribution in [0.25, 0.3) is 16.6 Å². The molecule has 5 rings (SSSR count). The zero-order valence-corrected chi connectivity index (χ0v) is 24.2. The van der Waals surface area contributed by atoms with Gasteiger partial charge in [-0.15, -0.1) is 10.2 Å². The van der Waals surface area contributed by atoms with Crippen LogP contribution in [-0.2, 0) is 24.5 Å². The highest BCUT2D eigenvalue weighted by molar-refractivity contribution is 6.31.